The maximum Gasteiger partial charge on any atom is 0.192 e. The lowest BCUT2D eigenvalue weighted by Gasteiger charge is -2.37. The molecule has 174 valence electrons. The summed E-state index contributed by atoms with van der Waals surface area (Å²) in [5.74, 6) is 3.06. The van der Waals surface area contributed by atoms with E-state index < -0.39 is 8.32 Å². The minimum Gasteiger partial charge on any atom is -0.414 e. The molecule has 0 spiro atoms. The molecule has 32 heavy (non-hydrogen) atoms. The number of nitrogens with zero attached hydrogens (tertiary/aromatic N) is 6. The van der Waals surface area contributed by atoms with Crippen LogP contribution in [0.25, 0.3) is 11.2 Å². The third kappa shape index (κ3) is 5.35. The first-order valence-electron chi connectivity index (χ1n) is 10.8. The number of fused-ring (bicyclic) bond motifs is 1. The van der Waals surface area contributed by atoms with E-state index in [2.05, 4.69) is 59.7 Å². The molecule has 0 aliphatic carbocycles. The Morgan fingerprint density at radius 2 is 2.09 bits per heavy atom. The van der Waals surface area contributed by atoms with Gasteiger partial charge < -0.3 is 18.8 Å². The quantitative estimate of drug-likeness (QED) is 0.259. The summed E-state index contributed by atoms with van der Waals surface area (Å²) in [6.07, 6.45) is 10.2. The number of aromatic nitrogens is 4. The standard InChI is InChI=1S/C22H34N6O3Si/c1-9-10-29-16-11-18(31-17(16)12-30-32(7,8)22(2,3)4)28-15-25-19-20(26-14-27(5)6)23-13-24-21(19)28/h1,13-18H,10-12H2,2-8H3. The maximum absolute atomic E-state index is 6.42. The summed E-state index contributed by atoms with van der Waals surface area (Å²) >= 11 is 0. The van der Waals surface area contributed by atoms with E-state index in [1.165, 1.54) is 6.33 Å². The number of terminal acetylenes is 1. The molecule has 3 rings (SSSR count). The molecule has 10 heteroatoms. The molecule has 0 saturated carbocycles. The van der Waals surface area contributed by atoms with E-state index in [-0.39, 0.29) is 30.1 Å². The molecule has 1 fully saturated rings. The van der Waals surface area contributed by atoms with Gasteiger partial charge in [0, 0.05) is 20.5 Å². The van der Waals surface area contributed by atoms with Gasteiger partial charge in [-0.15, -0.1) is 6.42 Å². The van der Waals surface area contributed by atoms with Crippen LogP contribution in [-0.2, 0) is 13.9 Å². The molecule has 2 aromatic rings. The van der Waals surface area contributed by atoms with Crippen LogP contribution in [-0.4, -0.2) is 78.6 Å². The largest absolute Gasteiger partial charge is 0.414 e. The molecule has 3 unspecified atom stereocenters. The van der Waals surface area contributed by atoms with Crippen molar-refractivity contribution in [3.8, 4) is 12.3 Å². The van der Waals surface area contributed by atoms with Gasteiger partial charge in [-0.3, -0.25) is 4.57 Å². The van der Waals surface area contributed by atoms with Crippen molar-refractivity contribution in [2.45, 2.75) is 63.8 Å². The molecule has 0 amide bonds. The molecular formula is C22H34N6O3Si. The highest BCUT2D eigenvalue weighted by Crippen LogP contribution is 2.38. The van der Waals surface area contributed by atoms with E-state index in [1.54, 1.807) is 12.7 Å². The first-order chi connectivity index (χ1) is 15.0. The van der Waals surface area contributed by atoms with E-state index in [0.29, 0.717) is 30.0 Å². The molecule has 1 aliphatic heterocycles. The summed E-state index contributed by atoms with van der Waals surface area (Å²) in [7, 11) is 1.87. The van der Waals surface area contributed by atoms with Crippen molar-refractivity contribution in [2.24, 2.45) is 4.99 Å². The second-order valence-electron chi connectivity index (χ2n) is 9.72. The first-order valence-corrected chi connectivity index (χ1v) is 13.7. The van der Waals surface area contributed by atoms with Crippen molar-refractivity contribution in [3.63, 3.8) is 0 Å². The van der Waals surface area contributed by atoms with Crippen LogP contribution >= 0.6 is 0 Å². The second kappa shape index (κ2) is 9.66. The summed E-state index contributed by atoms with van der Waals surface area (Å²) in [5, 5.41) is 0.112. The molecule has 3 heterocycles. The Labute approximate surface area is 191 Å². The van der Waals surface area contributed by atoms with Gasteiger partial charge in [0.05, 0.1) is 25.4 Å². The Morgan fingerprint density at radius 1 is 1.34 bits per heavy atom. The van der Waals surface area contributed by atoms with Gasteiger partial charge in [-0.1, -0.05) is 26.7 Å². The highest BCUT2D eigenvalue weighted by molar-refractivity contribution is 6.74. The zero-order chi connectivity index (χ0) is 23.5. The van der Waals surface area contributed by atoms with Crippen LogP contribution in [0.1, 0.15) is 33.4 Å². The van der Waals surface area contributed by atoms with Crippen molar-refractivity contribution in [1.29, 1.82) is 0 Å². The fourth-order valence-electron chi connectivity index (χ4n) is 3.17. The van der Waals surface area contributed by atoms with Crippen LogP contribution < -0.4 is 0 Å². The molecule has 0 radical (unpaired) electrons. The Morgan fingerprint density at radius 3 is 2.75 bits per heavy atom. The van der Waals surface area contributed by atoms with Crippen molar-refractivity contribution >= 4 is 31.6 Å². The molecule has 9 nitrogen and oxygen atoms in total. The smallest absolute Gasteiger partial charge is 0.192 e. The highest BCUT2D eigenvalue weighted by atomic mass is 28.4. The summed E-state index contributed by atoms with van der Waals surface area (Å²) in [6.45, 7) is 11.8. The average Bonchev–Trinajstić information content (AvgIpc) is 3.32. The van der Waals surface area contributed by atoms with Gasteiger partial charge in [0.25, 0.3) is 0 Å². The first kappa shape index (κ1) is 24.3. The average molecular weight is 459 g/mol. The normalized spacial score (nSPS) is 22.0. The number of ether oxygens (including phenoxy) is 2. The van der Waals surface area contributed by atoms with Crippen LogP contribution in [0.2, 0.25) is 18.1 Å². The Kier molecular flexibility index (Phi) is 7.35. The van der Waals surface area contributed by atoms with Crippen LogP contribution in [0.4, 0.5) is 5.82 Å². The Balaban J connectivity index is 1.82. The van der Waals surface area contributed by atoms with Crippen LogP contribution in [0.15, 0.2) is 17.6 Å². The molecule has 0 N–H and O–H groups in total. The lowest BCUT2D eigenvalue weighted by atomic mass is 10.2. The zero-order valence-electron chi connectivity index (χ0n) is 20.1. The maximum atomic E-state index is 6.42. The van der Waals surface area contributed by atoms with E-state index in [4.69, 9.17) is 20.3 Å². The van der Waals surface area contributed by atoms with Gasteiger partial charge in [-0.05, 0) is 18.1 Å². The number of rotatable bonds is 8. The molecule has 3 atom stereocenters. The van der Waals surface area contributed by atoms with E-state index in [1.807, 2.05) is 23.6 Å². The molecule has 1 saturated heterocycles. The summed E-state index contributed by atoms with van der Waals surface area (Å²) in [5.41, 5.74) is 1.29. The lowest BCUT2D eigenvalue weighted by Crippen LogP contribution is -2.44. The van der Waals surface area contributed by atoms with Gasteiger partial charge in [-0.2, -0.15) is 0 Å². The lowest BCUT2D eigenvalue weighted by molar-refractivity contribution is -0.0529. The number of hydrogen-bond donors (Lipinski definition) is 0. The van der Waals surface area contributed by atoms with Gasteiger partial charge >= 0.3 is 0 Å². The van der Waals surface area contributed by atoms with E-state index in [9.17, 15) is 0 Å². The molecule has 1 aliphatic rings. The predicted octanol–water partition coefficient (Wildman–Crippen LogP) is 3.38. The van der Waals surface area contributed by atoms with Crippen LogP contribution in [0.3, 0.4) is 0 Å². The van der Waals surface area contributed by atoms with E-state index >= 15 is 0 Å². The van der Waals surface area contributed by atoms with E-state index in [0.717, 1.165) is 0 Å². The number of hydrogen-bond acceptors (Lipinski definition) is 7. The van der Waals surface area contributed by atoms with Crippen LogP contribution in [0.5, 0.6) is 0 Å². The fourth-order valence-corrected chi connectivity index (χ4v) is 4.19. The number of aliphatic imine (C=N–C) groups is 1. The predicted molar refractivity (Wildman–Crippen MR) is 127 cm³/mol. The SMILES string of the molecule is C#CCOC1CC(n2cnc3c(N=CN(C)C)ncnc32)OC1CO[Si](C)(C)C(C)(C)C. The fraction of sp³-hybridized carbons (Fsp3) is 0.636. The van der Waals surface area contributed by atoms with Crippen molar-refractivity contribution in [2.75, 3.05) is 27.3 Å². The minimum atomic E-state index is -1.93. The van der Waals surface area contributed by atoms with Crippen molar-refractivity contribution in [1.82, 2.24) is 24.4 Å². The molecule has 2 aromatic heterocycles. The van der Waals surface area contributed by atoms with Gasteiger partial charge in [0.2, 0.25) is 0 Å². The van der Waals surface area contributed by atoms with Crippen molar-refractivity contribution in [3.05, 3.63) is 12.7 Å². The molecule has 0 aromatic carbocycles. The van der Waals surface area contributed by atoms with Gasteiger partial charge in [0.1, 0.15) is 25.3 Å². The second-order valence-corrected chi connectivity index (χ2v) is 14.5. The topological polar surface area (TPSA) is 86.9 Å². The zero-order valence-corrected chi connectivity index (χ0v) is 21.1. The minimum absolute atomic E-state index is 0.112. The molecular weight excluding hydrogens is 424 g/mol. The summed E-state index contributed by atoms with van der Waals surface area (Å²) in [6, 6.07) is 0. The Bertz CT molecular complexity index is 992. The summed E-state index contributed by atoms with van der Waals surface area (Å²) in [4.78, 5) is 19.4. The van der Waals surface area contributed by atoms with Crippen LogP contribution in [0, 0.1) is 12.3 Å². The highest BCUT2D eigenvalue weighted by Gasteiger charge is 2.42. The monoisotopic (exact) mass is 458 g/mol. The third-order valence-electron chi connectivity index (χ3n) is 6.04. The Hall–Kier alpha value is -2.32. The summed E-state index contributed by atoms with van der Waals surface area (Å²) < 4.78 is 20.6. The third-order valence-corrected chi connectivity index (χ3v) is 10.5. The molecule has 0 bridgehead atoms. The van der Waals surface area contributed by atoms with Gasteiger partial charge in [-0.25, -0.2) is 19.9 Å². The number of imidazole rings is 1. The van der Waals surface area contributed by atoms with Crippen molar-refractivity contribution < 1.29 is 13.9 Å². The van der Waals surface area contributed by atoms with Gasteiger partial charge in [0.15, 0.2) is 25.3 Å².